The molecule has 1 unspecified atom stereocenters. The maximum Gasteiger partial charge on any atom is 0.313 e. The highest BCUT2D eigenvalue weighted by Gasteiger charge is 2.04. The van der Waals surface area contributed by atoms with Gasteiger partial charge in [-0.15, -0.1) is 0 Å². The number of unbranched alkanes of at least 4 members (excludes halogenated alkanes) is 5. The Labute approximate surface area is 181 Å². The van der Waals surface area contributed by atoms with Gasteiger partial charge in [0.15, 0.2) is 12.0 Å². The second-order valence-electron chi connectivity index (χ2n) is 7.16. The molecule has 0 saturated carbocycles. The predicted molar refractivity (Wildman–Crippen MR) is 118 cm³/mol. The maximum absolute atomic E-state index is 10.8. The van der Waals surface area contributed by atoms with Gasteiger partial charge in [0, 0.05) is 19.3 Å². The molecule has 172 valence electrons. The SMILES string of the molecule is CCCCC(C=O)CC.CCCCCCCC(=O)OC(C)=O.Cc1ccoc1C=O. The number of ether oxygens (including phenoxy) is 1. The van der Waals surface area contributed by atoms with E-state index in [0.29, 0.717) is 24.4 Å². The van der Waals surface area contributed by atoms with Crippen molar-refractivity contribution in [2.24, 2.45) is 5.92 Å². The zero-order valence-corrected chi connectivity index (χ0v) is 19.4. The van der Waals surface area contributed by atoms with E-state index in [4.69, 9.17) is 4.42 Å². The second-order valence-corrected chi connectivity index (χ2v) is 7.16. The van der Waals surface area contributed by atoms with E-state index in [1.807, 2.05) is 6.92 Å². The van der Waals surface area contributed by atoms with Gasteiger partial charge in [-0.3, -0.25) is 14.4 Å². The molecule has 1 heterocycles. The molecule has 0 aliphatic heterocycles. The third kappa shape index (κ3) is 19.1. The Balaban J connectivity index is 0. The van der Waals surface area contributed by atoms with Crippen molar-refractivity contribution >= 4 is 24.5 Å². The number of rotatable bonds is 12. The van der Waals surface area contributed by atoms with E-state index in [2.05, 4.69) is 25.5 Å². The van der Waals surface area contributed by atoms with Crippen LogP contribution in [0, 0.1) is 12.8 Å². The lowest BCUT2D eigenvalue weighted by Crippen LogP contribution is -2.08. The number of carbonyl (C=O) groups is 4. The van der Waals surface area contributed by atoms with E-state index in [9.17, 15) is 19.2 Å². The van der Waals surface area contributed by atoms with E-state index >= 15 is 0 Å². The fourth-order valence-corrected chi connectivity index (χ4v) is 2.42. The molecule has 30 heavy (non-hydrogen) atoms. The number of esters is 2. The van der Waals surface area contributed by atoms with E-state index in [1.165, 1.54) is 38.9 Å². The standard InChI is InChI=1S/C10H18O3.C8H16O.C6H6O2/c1-3-4-5-6-7-8-10(12)13-9(2)11;1-3-5-6-8(4-2)7-9;1-5-2-3-8-6(5)4-7/h3-8H2,1-2H3;7-8H,3-6H2,1-2H3;2-4H,1H3. The van der Waals surface area contributed by atoms with Gasteiger partial charge in [-0.1, -0.05) is 59.3 Å². The van der Waals surface area contributed by atoms with Gasteiger partial charge < -0.3 is 13.9 Å². The number of carbonyl (C=O) groups excluding carboxylic acids is 4. The van der Waals surface area contributed by atoms with Crippen molar-refractivity contribution in [3.05, 3.63) is 23.7 Å². The lowest BCUT2D eigenvalue weighted by atomic mass is 10.0. The third-order valence-corrected chi connectivity index (χ3v) is 4.40. The van der Waals surface area contributed by atoms with Gasteiger partial charge in [0.1, 0.15) is 6.29 Å². The minimum Gasteiger partial charge on any atom is -0.461 e. The highest BCUT2D eigenvalue weighted by molar-refractivity contribution is 5.83. The molecule has 0 aromatic carbocycles. The molecular formula is C24H40O6. The average Bonchev–Trinajstić information content (AvgIpc) is 3.14. The van der Waals surface area contributed by atoms with Crippen LogP contribution in [-0.4, -0.2) is 24.5 Å². The first kappa shape index (κ1) is 30.0. The van der Waals surface area contributed by atoms with Crippen molar-refractivity contribution in [1.29, 1.82) is 0 Å². The molecule has 0 aliphatic carbocycles. The molecule has 0 amide bonds. The molecule has 0 spiro atoms. The van der Waals surface area contributed by atoms with Crippen molar-refractivity contribution < 1.29 is 28.3 Å². The molecular weight excluding hydrogens is 384 g/mol. The summed E-state index contributed by atoms with van der Waals surface area (Å²) in [6.45, 7) is 9.43. The van der Waals surface area contributed by atoms with Crippen LogP contribution in [0.2, 0.25) is 0 Å². The molecule has 1 aromatic heterocycles. The number of furan rings is 1. The first-order chi connectivity index (χ1) is 14.4. The molecule has 0 bridgehead atoms. The van der Waals surface area contributed by atoms with Crippen LogP contribution in [0.1, 0.15) is 108 Å². The second kappa shape index (κ2) is 21.5. The summed E-state index contributed by atoms with van der Waals surface area (Å²) >= 11 is 0. The fraction of sp³-hybridized carbons (Fsp3) is 0.667. The molecule has 0 aliphatic rings. The Morgan fingerprint density at radius 1 is 1.03 bits per heavy atom. The summed E-state index contributed by atoms with van der Waals surface area (Å²) < 4.78 is 9.12. The quantitative estimate of drug-likeness (QED) is 0.171. The summed E-state index contributed by atoms with van der Waals surface area (Å²) in [5, 5.41) is 0. The Bertz CT molecular complexity index is 576. The fourth-order valence-electron chi connectivity index (χ4n) is 2.42. The van der Waals surface area contributed by atoms with E-state index in [0.717, 1.165) is 44.0 Å². The first-order valence-electron chi connectivity index (χ1n) is 11.0. The lowest BCUT2D eigenvalue weighted by Gasteiger charge is -2.03. The van der Waals surface area contributed by atoms with E-state index in [-0.39, 0.29) is 0 Å². The highest BCUT2D eigenvalue weighted by Crippen LogP contribution is 2.08. The van der Waals surface area contributed by atoms with Crippen molar-refractivity contribution in [3.8, 4) is 0 Å². The van der Waals surface area contributed by atoms with Gasteiger partial charge in [-0.25, -0.2) is 0 Å². The van der Waals surface area contributed by atoms with Gasteiger partial charge in [-0.2, -0.15) is 0 Å². The summed E-state index contributed by atoms with van der Waals surface area (Å²) in [4.78, 5) is 41.4. The van der Waals surface area contributed by atoms with E-state index in [1.54, 1.807) is 6.07 Å². The van der Waals surface area contributed by atoms with Crippen LogP contribution in [0.4, 0.5) is 0 Å². The molecule has 0 N–H and O–H groups in total. The van der Waals surface area contributed by atoms with Crippen LogP contribution in [0.25, 0.3) is 0 Å². The zero-order valence-electron chi connectivity index (χ0n) is 19.4. The van der Waals surface area contributed by atoms with Gasteiger partial charge in [0.25, 0.3) is 0 Å². The highest BCUT2D eigenvalue weighted by atomic mass is 16.6. The van der Waals surface area contributed by atoms with E-state index < -0.39 is 11.9 Å². The first-order valence-corrected chi connectivity index (χ1v) is 11.0. The Morgan fingerprint density at radius 2 is 1.67 bits per heavy atom. The molecule has 1 rings (SSSR count). The van der Waals surface area contributed by atoms with Gasteiger partial charge in [-0.05, 0) is 37.8 Å². The number of aldehydes is 2. The molecule has 6 nitrogen and oxygen atoms in total. The number of hydrogen-bond donors (Lipinski definition) is 0. The van der Waals surface area contributed by atoms with Crippen LogP contribution in [0.15, 0.2) is 16.7 Å². The molecule has 0 fully saturated rings. The summed E-state index contributed by atoms with van der Waals surface area (Å²) in [5.74, 6) is -0.169. The van der Waals surface area contributed by atoms with Crippen LogP contribution < -0.4 is 0 Å². The molecule has 6 heteroatoms. The number of aryl methyl sites for hydroxylation is 1. The third-order valence-electron chi connectivity index (χ3n) is 4.40. The van der Waals surface area contributed by atoms with Gasteiger partial charge in [0.2, 0.25) is 0 Å². The molecule has 0 radical (unpaired) electrons. The maximum atomic E-state index is 10.8. The summed E-state index contributed by atoms with van der Waals surface area (Å²) in [7, 11) is 0. The van der Waals surface area contributed by atoms with Crippen LogP contribution in [0.5, 0.6) is 0 Å². The van der Waals surface area contributed by atoms with Crippen molar-refractivity contribution in [3.63, 3.8) is 0 Å². The zero-order chi connectivity index (χ0) is 23.2. The summed E-state index contributed by atoms with van der Waals surface area (Å²) in [5.41, 5.74) is 0.889. The topological polar surface area (TPSA) is 90.7 Å². The largest absolute Gasteiger partial charge is 0.461 e. The minimum atomic E-state index is -0.515. The predicted octanol–water partition coefficient (Wildman–Crippen LogP) is 6.24. The van der Waals surface area contributed by atoms with Crippen molar-refractivity contribution in [2.75, 3.05) is 0 Å². The average molecular weight is 425 g/mol. The minimum absolute atomic E-state index is 0.324. The lowest BCUT2D eigenvalue weighted by molar-refractivity contribution is -0.158. The Hall–Kier alpha value is -2.24. The van der Waals surface area contributed by atoms with Crippen LogP contribution >= 0.6 is 0 Å². The van der Waals surface area contributed by atoms with Crippen molar-refractivity contribution in [1.82, 2.24) is 0 Å². The smallest absolute Gasteiger partial charge is 0.313 e. The number of hydrogen-bond acceptors (Lipinski definition) is 6. The van der Waals surface area contributed by atoms with Crippen molar-refractivity contribution in [2.45, 2.75) is 98.8 Å². The van der Waals surface area contributed by atoms with Gasteiger partial charge in [0.05, 0.1) is 6.26 Å². The van der Waals surface area contributed by atoms with Crippen LogP contribution in [-0.2, 0) is 19.1 Å². The Kier molecular flexibility index (Phi) is 21.4. The van der Waals surface area contributed by atoms with Gasteiger partial charge >= 0.3 is 11.9 Å². The molecule has 1 atom stereocenters. The normalized spacial score (nSPS) is 10.6. The summed E-state index contributed by atoms with van der Waals surface area (Å²) in [6, 6.07) is 1.75. The molecule has 1 aromatic rings. The summed E-state index contributed by atoms with van der Waals surface area (Å²) in [6.07, 6.45) is 13.5. The Morgan fingerprint density at radius 3 is 2.07 bits per heavy atom. The monoisotopic (exact) mass is 424 g/mol. The van der Waals surface area contributed by atoms with Crippen LogP contribution in [0.3, 0.4) is 0 Å². The molecule has 0 saturated heterocycles.